The smallest absolute Gasteiger partial charge is 0.251 e. The van der Waals surface area contributed by atoms with Crippen LogP contribution in [0.3, 0.4) is 0 Å². The molecular weight excluding hydrogens is 488 g/mol. The summed E-state index contributed by atoms with van der Waals surface area (Å²) in [6, 6.07) is 22.5. The van der Waals surface area contributed by atoms with Gasteiger partial charge in [0, 0.05) is 16.6 Å². The van der Waals surface area contributed by atoms with Gasteiger partial charge in [-0.25, -0.2) is 8.42 Å². The van der Waals surface area contributed by atoms with Crippen molar-refractivity contribution in [2.45, 2.75) is 26.3 Å². The zero-order chi connectivity index (χ0) is 23.3. The van der Waals surface area contributed by atoms with Crippen LogP contribution < -0.4 is 9.62 Å². The molecule has 0 saturated carbocycles. The molecule has 0 aromatic heterocycles. The van der Waals surface area contributed by atoms with Crippen LogP contribution in [-0.4, -0.2) is 27.1 Å². The summed E-state index contributed by atoms with van der Waals surface area (Å²) >= 11 is 3.45. The van der Waals surface area contributed by atoms with Gasteiger partial charge in [-0.3, -0.25) is 9.10 Å². The number of hydrogen-bond donors (Lipinski definition) is 1. The summed E-state index contributed by atoms with van der Waals surface area (Å²) in [6.45, 7) is 4.71. The van der Waals surface area contributed by atoms with Crippen molar-refractivity contribution in [2.75, 3.05) is 17.1 Å². The van der Waals surface area contributed by atoms with Crippen molar-refractivity contribution >= 4 is 37.5 Å². The molecule has 0 heterocycles. The number of nitrogens with one attached hydrogen (secondary N) is 1. The van der Waals surface area contributed by atoms with Gasteiger partial charge in [0.05, 0.1) is 18.5 Å². The van der Waals surface area contributed by atoms with Gasteiger partial charge in [-0.05, 0) is 59.9 Å². The van der Waals surface area contributed by atoms with Crippen molar-refractivity contribution in [3.8, 4) is 0 Å². The summed E-state index contributed by atoms with van der Waals surface area (Å²) in [5.74, 6) is 0.0555. The topological polar surface area (TPSA) is 66.5 Å². The van der Waals surface area contributed by atoms with E-state index >= 15 is 0 Å². The van der Waals surface area contributed by atoms with Crippen LogP contribution in [-0.2, 0) is 16.6 Å². The Morgan fingerprint density at radius 1 is 1.03 bits per heavy atom. The first kappa shape index (κ1) is 24.0. The predicted molar refractivity (Wildman–Crippen MR) is 134 cm³/mol. The predicted octanol–water partition coefficient (Wildman–Crippen LogP) is 5.26. The van der Waals surface area contributed by atoms with Crippen molar-refractivity contribution < 1.29 is 13.2 Å². The molecule has 1 N–H and O–H groups in total. The molecule has 3 aromatic carbocycles. The second kappa shape index (κ2) is 10.3. The van der Waals surface area contributed by atoms with E-state index < -0.39 is 10.0 Å². The maximum absolute atomic E-state index is 12.5. The first-order valence-corrected chi connectivity index (χ1v) is 12.9. The Morgan fingerprint density at radius 3 is 2.28 bits per heavy atom. The van der Waals surface area contributed by atoms with Gasteiger partial charge in [0.25, 0.3) is 5.91 Å². The van der Waals surface area contributed by atoms with Crippen LogP contribution in [0, 0.1) is 6.92 Å². The number of carbonyl (C=O) groups excluding carboxylic acids is 1. The maximum Gasteiger partial charge on any atom is 0.251 e. The average Bonchev–Trinajstić information content (AvgIpc) is 2.78. The second-order valence-corrected chi connectivity index (χ2v) is 10.7. The van der Waals surface area contributed by atoms with Gasteiger partial charge in [-0.1, -0.05) is 65.3 Å². The Kier molecular flexibility index (Phi) is 7.74. The lowest BCUT2D eigenvalue weighted by Crippen LogP contribution is -2.29. The molecule has 3 aromatic rings. The van der Waals surface area contributed by atoms with Gasteiger partial charge in [0.1, 0.15) is 0 Å². The number of halogens is 1. The van der Waals surface area contributed by atoms with Crippen molar-refractivity contribution in [3.05, 3.63) is 99.5 Å². The summed E-state index contributed by atoms with van der Waals surface area (Å²) in [5, 5.41) is 2.97. The van der Waals surface area contributed by atoms with E-state index in [1.54, 1.807) is 30.3 Å². The van der Waals surface area contributed by atoms with Crippen molar-refractivity contribution in [2.24, 2.45) is 0 Å². The van der Waals surface area contributed by atoms with E-state index in [4.69, 9.17) is 0 Å². The zero-order valence-electron chi connectivity index (χ0n) is 18.4. The Hall–Kier alpha value is -2.64. The summed E-state index contributed by atoms with van der Waals surface area (Å²) in [4.78, 5) is 12.5. The highest BCUT2D eigenvalue weighted by molar-refractivity contribution is 9.10. The fourth-order valence-electron chi connectivity index (χ4n) is 3.36. The van der Waals surface area contributed by atoms with Gasteiger partial charge < -0.3 is 5.32 Å². The molecular formula is C25H27BrN2O3S. The Labute approximate surface area is 198 Å². The minimum absolute atomic E-state index is 0.150. The third-order valence-electron chi connectivity index (χ3n) is 5.31. The molecule has 0 aliphatic carbocycles. The van der Waals surface area contributed by atoms with Gasteiger partial charge in [0.2, 0.25) is 10.0 Å². The van der Waals surface area contributed by atoms with Crippen molar-refractivity contribution in [3.63, 3.8) is 0 Å². The first-order chi connectivity index (χ1) is 15.1. The molecule has 5 nitrogen and oxygen atoms in total. The van der Waals surface area contributed by atoms with Crippen molar-refractivity contribution in [1.29, 1.82) is 0 Å². The number of hydrogen-bond acceptors (Lipinski definition) is 3. The van der Waals surface area contributed by atoms with Crippen LogP contribution >= 0.6 is 15.9 Å². The highest BCUT2D eigenvalue weighted by Gasteiger charge is 2.19. The minimum atomic E-state index is -3.48. The normalized spacial score (nSPS) is 12.2. The van der Waals surface area contributed by atoms with E-state index in [0.29, 0.717) is 17.8 Å². The van der Waals surface area contributed by atoms with E-state index in [1.807, 2.05) is 49.4 Å². The van der Waals surface area contributed by atoms with Gasteiger partial charge >= 0.3 is 0 Å². The molecule has 3 rings (SSSR count). The van der Waals surface area contributed by atoms with Gasteiger partial charge in [-0.2, -0.15) is 0 Å². The molecule has 1 amide bonds. The van der Waals surface area contributed by atoms with Crippen LogP contribution in [0.4, 0.5) is 5.69 Å². The lowest BCUT2D eigenvalue weighted by atomic mass is 10.0. The third-order valence-corrected chi connectivity index (χ3v) is 7.34. The highest BCUT2D eigenvalue weighted by atomic mass is 79.9. The largest absolute Gasteiger partial charge is 0.351 e. The standard InChI is InChI=1S/C25H27BrN2O3S/c1-18-15-23(13-14-24(18)26)28(32(3,30)31)17-20-9-11-22(12-10-20)25(29)27-16-19(2)21-7-5-4-6-8-21/h4-15,19H,16-17H2,1-3H3,(H,27,29)/t19-/m1/s1. The van der Waals surface area contributed by atoms with Crippen LogP contribution in [0.25, 0.3) is 0 Å². The molecule has 0 fully saturated rings. The van der Waals surface area contributed by atoms with E-state index in [0.717, 1.165) is 15.6 Å². The van der Waals surface area contributed by atoms with Gasteiger partial charge in [-0.15, -0.1) is 0 Å². The number of rotatable bonds is 8. The molecule has 1 atom stereocenters. The fraction of sp³-hybridized carbons (Fsp3) is 0.240. The number of carbonyl (C=O) groups is 1. The Bertz CT molecular complexity index is 1180. The molecule has 0 aliphatic heterocycles. The molecule has 0 radical (unpaired) electrons. The lowest BCUT2D eigenvalue weighted by Gasteiger charge is -2.23. The molecule has 32 heavy (non-hydrogen) atoms. The van der Waals surface area contributed by atoms with Crippen LogP contribution in [0.15, 0.2) is 77.3 Å². The molecule has 0 unspecified atom stereocenters. The van der Waals surface area contributed by atoms with Crippen LogP contribution in [0.5, 0.6) is 0 Å². The molecule has 0 saturated heterocycles. The Morgan fingerprint density at radius 2 is 1.69 bits per heavy atom. The van der Waals surface area contributed by atoms with E-state index in [2.05, 4.69) is 28.2 Å². The molecule has 0 aliphatic rings. The molecule has 168 valence electrons. The first-order valence-electron chi connectivity index (χ1n) is 10.3. The number of amides is 1. The summed E-state index contributed by atoms with van der Waals surface area (Å²) in [5.41, 5.74) is 4.06. The SMILES string of the molecule is Cc1cc(N(Cc2ccc(C(=O)NC[C@@H](C)c3ccccc3)cc2)S(C)(=O)=O)ccc1Br. The van der Waals surface area contributed by atoms with Crippen LogP contribution in [0.1, 0.15) is 39.9 Å². The molecule has 0 spiro atoms. The quantitative estimate of drug-likeness (QED) is 0.445. The van der Waals surface area contributed by atoms with E-state index in [1.165, 1.54) is 16.1 Å². The number of benzene rings is 3. The summed E-state index contributed by atoms with van der Waals surface area (Å²) < 4.78 is 27.1. The van der Waals surface area contributed by atoms with Crippen molar-refractivity contribution in [1.82, 2.24) is 5.32 Å². The number of sulfonamides is 1. The molecule has 0 bridgehead atoms. The van der Waals surface area contributed by atoms with Gasteiger partial charge in [0.15, 0.2) is 0 Å². The minimum Gasteiger partial charge on any atom is -0.351 e. The maximum atomic E-state index is 12.5. The fourth-order valence-corrected chi connectivity index (χ4v) is 4.49. The molecule has 7 heteroatoms. The lowest BCUT2D eigenvalue weighted by molar-refractivity contribution is 0.0951. The number of anilines is 1. The summed E-state index contributed by atoms with van der Waals surface area (Å²) in [7, 11) is -3.48. The second-order valence-electron chi connectivity index (χ2n) is 7.92. The highest BCUT2D eigenvalue weighted by Crippen LogP contribution is 2.26. The zero-order valence-corrected chi connectivity index (χ0v) is 20.8. The average molecular weight is 515 g/mol. The van der Waals surface area contributed by atoms with E-state index in [-0.39, 0.29) is 18.4 Å². The monoisotopic (exact) mass is 514 g/mol. The van der Waals surface area contributed by atoms with E-state index in [9.17, 15) is 13.2 Å². The number of aryl methyl sites for hydroxylation is 1. The summed E-state index contributed by atoms with van der Waals surface area (Å²) in [6.07, 6.45) is 1.19. The Balaban J connectivity index is 1.68. The third kappa shape index (κ3) is 6.20. The number of nitrogens with zero attached hydrogens (tertiary/aromatic N) is 1. The van der Waals surface area contributed by atoms with Crippen LogP contribution in [0.2, 0.25) is 0 Å².